The molecule has 1 fully saturated rings. The second-order valence-electron chi connectivity index (χ2n) is 3.30. The molecule has 1 amide bonds. The van der Waals surface area contributed by atoms with Gasteiger partial charge in [-0.15, -0.1) is 11.3 Å². The van der Waals surface area contributed by atoms with E-state index in [1.165, 1.54) is 0 Å². The van der Waals surface area contributed by atoms with Crippen LogP contribution in [0.25, 0.3) is 0 Å². The van der Waals surface area contributed by atoms with Crippen molar-refractivity contribution in [3.8, 4) is 0 Å². The Morgan fingerprint density at radius 1 is 1.53 bits per heavy atom. The maximum absolute atomic E-state index is 12.1. The third-order valence-electron chi connectivity index (χ3n) is 1.97. The van der Waals surface area contributed by atoms with Crippen LogP contribution in [0.2, 0.25) is 0 Å². The van der Waals surface area contributed by atoms with E-state index < -0.39 is 11.9 Å². The first-order valence-corrected chi connectivity index (χ1v) is 5.18. The maximum atomic E-state index is 12.1. The predicted molar refractivity (Wildman–Crippen MR) is 48.5 cm³/mol. The van der Waals surface area contributed by atoms with Crippen LogP contribution < -0.4 is 5.32 Å². The van der Waals surface area contributed by atoms with Crippen molar-refractivity contribution in [2.24, 2.45) is 5.92 Å². The summed E-state index contributed by atoms with van der Waals surface area (Å²) in [5.74, 6) is -0.277. The van der Waals surface area contributed by atoms with Gasteiger partial charge in [-0.3, -0.25) is 4.79 Å². The zero-order valence-electron chi connectivity index (χ0n) is 7.47. The Labute approximate surface area is 87.3 Å². The summed E-state index contributed by atoms with van der Waals surface area (Å²) in [7, 11) is 0. The first-order chi connectivity index (χ1) is 6.97. The summed E-state index contributed by atoms with van der Waals surface area (Å²) in [6.45, 7) is 0. The number of hydrogen-bond acceptors (Lipinski definition) is 3. The fraction of sp³-hybridized carbons (Fsp3) is 0.500. The van der Waals surface area contributed by atoms with Gasteiger partial charge in [-0.25, -0.2) is 4.98 Å². The average Bonchev–Trinajstić information content (AvgIpc) is 2.86. The van der Waals surface area contributed by atoms with Crippen molar-refractivity contribution in [1.29, 1.82) is 0 Å². The molecule has 1 aliphatic rings. The molecule has 7 heteroatoms. The highest BCUT2D eigenvalue weighted by atomic mass is 32.1. The molecule has 1 saturated carbocycles. The number of rotatable bonds is 2. The highest BCUT2D eigenvalue weighted by Gasteiger charge is 2.35. The summed E-state index contributed by atoms with van der Waals surface area (Å²) in [4.78, 5) is 14.5. The van der Waals surface area contributed by atoms with Crippen LogP contribution in [-0.4, -0.2) is 10.9 Å². The fourth-order valence-electron chi connectivity index (χ4n) is 1.01. The van der Waals surface area contributed by atoms with Crippen LogP contribution in [-0.2, 0) is 11.0 Å². The lowest BCUT2D eigenvalue weighted by Gasteiger charge is -2.00. The van der Waals surface area contributed by atoms with E-state index in [1.807, 2.05) is 0 Å². The summed E-state index contributed by atoms with van der Waals surface area (Å²) >= 11 is 0.787. The van der Waals surface area contributed by atoms with Gasteiger partial charge in [0.05, 0.1) is 0 Å². The largest absolute Gasteiger partial charge is 0.434 e. The summed E-state index contributed by atoms with van der Waals surface area (Å²) in [5, 5.41) is 3.27. The molecule has 3 nitrogen and oxygen atoms in total. The second-order valence-corrected chi connectivity index (χ2v) is 4.16. The molecule has 1 heterocycles. The number of anilines is 1. The molecule has 1 aromatic heterocycles. The first kappa shape index (κ1) is 10.4. The Hall–Kier alpha value is -1.11. The van der Waals surface area contributed by atoms with E-state index in [4.69, 9.17) is 0 Å². The van der Waals surface area contributed by atoms with E-state index in [2.05, 4.69) is 10.3 Å². The summed E-state index contributed by atoms with van der Waals surface area (Å²) in [5.41, 5.74) is -0.960. The standard InChI is InChI=1S/C8H7F3N2OS/c9-8(10,11)5-3-15-7(12-5)13-6(14)4-1-2-4/h3-4H,1-2H2,(H,12,13,14). The number of nitrogens with one attached hydrogen (secondary N) is 1. The van der Waals surface area contributed by atoms with Gasteiger partial charge in [-0.05, 0) is 12.8 Å². The number of thiazole rings is 1. The van der Waals surface area contributed by atoms with Crippen molar-refractivity contribution < 1.29 is 18.0 Å². The summed E-state index contributed by atoms with van der Waals surface area (Å²) in [6.07, 6.45) is -2.83. The maximum Gasteiger partial charge on any atom is 0.434 e. The Morgan fingerprint density at radius 2 is 2.20 bits per heavy atom. The van der Waals surface area contributed by atoms with Crippen LogP contribution in [0, 0.1) is 5.92 Å². The van der Waals surface area contributed by atoms with Crippen LogP contribution in [0.1, 0.15) is 18.5 Å². The molecule has 0 aromatic carbocycles. The zero-order chi connectivity index (χ0) is 11.1. The highest BCUT2D eigenvalue weighted by molar-refractivity contribution is 7.13. The number of carbonyl (C=O) groups excluding carboxylic acids is 1. The number of aromatic nitrogens is 1. The Bertz CT molecular complexity index is 383. The van der Waals surface area contributed by atoms with Crippen LogP contribution >= 0.6 is 11.3 Å². The van der Waals surface area contributed by atoms with Gasteiger partial charge in [-0.1, -0.05) is 0 Å². The van der Waals surface area contributed by atoms with E-state index in [9.17, 15) is 18.0 Å². The Kier molecular flexibility index (Phi) is 2.41. The third-order valence-corrected chi connectivity index (χ3v) is 2.73. The smallest absolute Gasteiger partial charge is 0.302 e. The molecular formula is C8H7F3N2OS. The average molecular weight is 236 g/mol. The third kappa shape index (κ3) is 2.47. The molecule has 1 aliphatic carbocycles. The number of carbonyl (C=O) groups is 1. The molecule has 82 valence electrons. The number of amides is 1. The van der Waals surface area contributed by atoms with E-state index in [0.29, 0.717) is 0 Å². The van der Waals surface area contributed by atoms with Crippen LogP contribution in [0.4, 0.5) is 18.3 Å². The predicted octanol–water partition coefficient (Wildman–Crippen LogP) is 2.51. The number of hydrogen-bond donors (Lipinski definition) is 1. The van der Waals surface area contributed by atoms with Gasteiger partial charge in [0.25, 0.3) is 0 Å². The lowest BCUT2D eigenvalue weighted by Crippen LogP contribution is -2.13. The van der Waals surface area contributed by atoms with Gasteiger partial charge in [0.15, 0.2) is 10.8 Å². The van der Waals surface area contributed by atoms with E-state index in [1.54, 1.807) is 0 Å². The topological polar surface area (TPSA) is 42.0 Å². The molecule has 0 unspecified atom stereocenters. The SMILES string of the molecule is O=C(Nc1nc(C(F)(F)F)cs1)C1CC1. The van der Waals surface area contributed by atoms with Crippen LogP contribution in [0.5, 0.6) is 0 Å². The van der Waals surface area contributed by atoms with Crippen molar-refractivity contribution in [1.82, 2.24) is 4.98 Å². The molecule has 0 atom stereocenters. The van der Waals surface area contributed by atoms with Crippen molar-refractivity contribution in [2.45, 2.75) is 19.0 Å². The van der Waals surface area contributed by atoms with Gasteiger partial charge in [0.1, 0.15) is 0 Å². The van der Waals surface area contributed by atoms with E-state index >= 15 is 0 Å². The zero-order valence-corrected chi connectivity index (χ0v) is 8.28. The van der Waals surface area contributed by atoms with Crippen molar-refractivity contribution in [2.75, 3.05) is 5.32 Å². The van der Waals surface area contributed by atoms with Gasteiger partial charge >= 0.3 is 6.18 Å². The molecular weight excluding hydrogens is 229 g/mol. The van der Waals surface area contributed by atoms with Gasteiger partial charge < -0.3 is 5.32 Å². The molecule has 1 N–H and O–H groups in total. The monoisotopic (exact) mass is 236 g/mol. The number of nitrogens with zero attached hydrogens (tertiary/aromatic N) is 1. The lowest BCUT2D eigenvalue weighted by molar-refractivity contribution is -0.140. The van der Waals surface area contributed by atoms with Crippen molar-refractivity contribution in [3.05, 3.63) is 11.1 Å². The molecule has 2 rings (SSSR count). The van der Waals surface area contributed by atoms with Crippen molar-refractivity contribution in [3.63, 3.8) is 0 Å². The molecule has 0 saturated heterocycles. The van der Waals surface area contributed by atoms with Gasteiger partial charge in [-0.2, -0.15) is 13.2 Å². The molecule has 1 aromatic rings. The highest BCUT2D eigenvalue weighted by Crippen LogP contribution is 2.33. The molecule has 0 aliphatic heterocycles. The summed E-state index contributed by atoms with van der Waals surface area (Å²) < 4.78 is 36.4. The second kappa shape index (κ2) is 3.48. The Balaban J connectivity index is 2.03. The van der Waals surface area contributed by atoms with Gasteiger partial charge in [0.2, 0.25) is 5.91 Å². The van der Waals surface area contributed by atoms with Crippen LogP contribution in [0.15, 0.2) is 5.38 Å². The minimum absolute atomic E-state index is 0.0132. The quantitative estimate of drug-likeness (QED) is 0.857. The van der Waals surface area contributed by atoms with E-state index in [0.717, 1.165) is 29.6 Å². The van der Waals surface area contributed by atoms with Crippen molar-refractivity contribution >= 4 is 22.4 Å². The first-order valence-electron chi connectivity index (χ1n) is 4.30. The molecule has 0 radical (unpaired) electrons. The lowest BCUT2D eigenvalue weighted by atomic mass is 10.4. The molecule has 0 bridgehead atoms. The normalized spacial score (nSPS) is 16.5. The minimum Gasteiger partial charge on any atom is -0.302 e. The number of halogens is 3. The Morgan fingerprint density at radius 3 is 2.67 bits per heavy atom. The van der Waals surface area contributed by atoms with Crippen LogP contribution in [0.3, 0.4) is 0 Å². The fourth-order valence-corrected chi connectivity index (χ4v) is 1.73. The summed E-state index contributed by atoms with van der Waals surface area (Å²) in [6, 6.07) is 0. The van der Waals surface area contributed by atoms with Gasteiger partial charge in [0, 0.05) is 11.3 Å². The molecule has 0 spiro atoms. The molecule has 15 heavy (non-hydrogen) atoms. The number of alkyl halides is 3. The minimum atomic E-state index is -4.45. The van der Waals surface area contributed by atoms with E-state index in [-0.39, 0.29) is 17.0 Å².